The van der Waals surface area contributed by atoms with Crippen LogP contribution in [0.25, 0.3) is 6.08 Å². The Hall–Kier alpha value is -5.04. The highest BCUT2D eigenvalue weighted by atomic mass is 16.5. The molecule has 0 atom stereocenters. The Morgan fingerprint density at radius 1 is 0.717 bits per heavy atom. The summed E-state index contributed by atoms with van der Waals surface area (Å²) in [6.45, 7) is 12.1. The Morgan fingerprint density at radius 2 is 1.26 bits per heavy atom. The van der Waals surface area contributed by atoms with Gasteiger partial charge in [-0.3, -0.25) is 4.79 Å². The van der Waals surface area contributed by atoms with Crippen LogP contribution >= 0.6 is 0 Å². The zero-order chi connectivity index (χ0) is 32.4. The molecule has 4 aromatic rings. The number of hydrazone groups is 1. The Labute approximate surface area is 273 Å². The molecule has 0 aromatic heterocycles. The van der Waals surface area contributed by atoms with Crippen LogP contribution in [-0.4, -0.2) is 57.4 Å². The second-order valence-electron chi connectivity index (χ2n) is 11.8. The minimum Gasteiger partial charge on any atom is -0.456 e. The van der Waals surface area contributed by atoms with Crippen molar-refractivity contribution >= 4 is 35.3 Å². The Balaban J connectivity index is 1.53. The molecule has 0 N–H and O–H groups in total. The summed E-state index contributed by atoms with van der Waals surface area (Å²) in [6, 6.07) is 28.9. The van der Waals surface area contributed by atoms with Crippen molar-refractivity contribution in [1.82, 2.24) is 5.01 Å². The van der Waals surface area contributed by atoms with E-state index in [4.69, 9.17) is 9.84 Å². The molecule has 7 nitrogen and oxygen atoms in total. The molecule has 0 saturated heterocycles. The lowest BCUT2D eigenvalue weighted by Gasteiger charge is -2.42. The van der Waals surface area contributed by atoms with E-state index in [1.807, 2.05) is 44.4 Å². The van der Waals surface area contributed by atoms with Crippen molar-refractivity contribution in [3.05, 3.63) is 119 Å². The van der Waals surface area contributed by atoms with Crippen molar-refractivity contribution in [2.24, 2.45) is 5.10 Å². The number of allylic oxidation sites excluding steroid dienone is 1. The average Bonchev–Trinajstić information content (AvgIpc) is 3.32. The summed E-state index contributed by atoms with van der Waals surface area (Å²) in [4.78, 5) is 21.0. The van der Waals surface area contributed by atoms with Crippen LogP contribution in [0.15, 0.2) is 96.1 Å². The van der Waals surface area contributed by atoms with Crippen LogP contribution in [0.2, 0.25) is 0 Å². The van der Waals surface area contributed by atoms with E-state index < -0.39 is 5.54 Å². The molecule has 1 amide bonds. The van der Waals surface area contributed by atoms with Gasteiger partial charge in [-0.2, -0.15) is 5.10 Å². The van der Waals surface area contributed by atoms with Crippen LogP contribution in [0.1, 0.15) is 60.3 Å². The Kier molecular flexibility index (Phi) is 8.59. The zero-order valence-electron chi connectivity index (χ0n) is 27.7. The molecule has 7 heteroatoms. The smallest absolute Gasteiger partial charge is 0.275 e. The summed E-state index contributed by atoms with van der Waals surface area (Å²) in [6.07, 6.45) is 5.61. The summed E-state index contributed by atoms with van der Waals surface area (Å²) < 4.78 is 6.77. The van der Waals surface area contributed by atoms with Gasteiger partial charge in [0.15, 0.2) is 0 Å². The molecule has 2 aliphatic rings. The first-order chi connectivity index (χ1) is 22.4. The molecule has 6 rings (SSSR count). The van der Waals surface area contributed by atoms with Crippen molar-refractivity contribution < 1.29 is 9.53 Å². The molecule has 2 aliphatic heterocycles. The largest absolute Gasteiger partial charge is 0.456 e. The van der Waals surface area contributed by atoms with E-state index >= 15 is 0 Å². The predicted molar refractivity (Wildman–Crippen MR) is 191 cm³/mol. The number of hydrogen-bond donors (Lipinski definition) is 0. The van der Waals surface area contributed by atoms with Crippen LogP contribution in [-0.2, 0) is 5.54 Å². The van der Waals surface area contributed by atoms with E-state index in [-0.39, 0.29) is 5.91 Å². The number of hydrogen-bond acceptors (Lipinski definition) is 6. The molecule has 0 unspecified atom stereocenters. The number of carbonyl (C=O) groups is 1. The molecule has 2 heterocycles. The third kappa shape index (κ3) is 5.10. The van der Waals surface area contributed by atoms with Gasteiger partial charge in [-0.1, -0.05) is 48.5 Å². The van der Waals surface area contributed by atoms with Gasteiger partial charge in [-0.05, 0) is 69.7 Å². The molecule has 236 valence electrons. The highest BCUT2D eigenvalue weighted by molar-refractivity contribution is 6.02. The molecule has 0 radical (unpaired) electrons. The van der Waals surface area contributed by atoms with Gasteiger partial charge in [0, 0.05) is 97.9 Å². The quantitative estimate of drug-likeness (QED) is 0.170. The number of carbonyl (C=O) groups excluding carboxylic acids is 1. The molecule has 4 aromatic carbocycles. The van der Waals surface area contributed by atoms with Gasteiger partial charge in [-0.15, -0.1) is 0 Å². The first kappa shape index (κ1) is 31.0. The Morgan fingerprint density at radius 3 is 1.80 bits per heavy atom. The van der Waals surface area contributed by atoms with E-state index in [1.165, 1.54) is 0 Å². The normalized spacial score (nSPS) is 14.4. The number of benzene rings is 4. The minimum atomic E-state index is -1.00. The van der Waals surface area contributed by atoms with Gasteiger partial charge in [0.1, 0.15) is 17.0 Å². The molecule has 0 bridgehead atoms. The molecule has 0 aliphatic carbocycles. The monoisotopic (exact) mass is 613 g/mol. The average molecular weight is 614 g/mol. The van der Waals surface area contributed by atoms with Gasteiger partial charge in [0.05, 0.1) is 0 Å². The third-order valence-electron chi connectivity index (χ3n) is 9.21. The van der Waals surface area contributed by atoms with Crippen LogP contribution < -0.4 is 19.4 Å². The summed E-state index contributed by atoms with van der Waals surface area (Å²) in [5.41, 5.74) is 6.68. The summed E-state index contributed by atoms with van der Waals surface area (Å²) in [5.74, 6) is 1.32. The Bertz CT molecular complexity index is 1720. The zero-order valence-corrected chi connectivity index (χ0v) is 27.7. The third-order valence-corrected chi connectivity index (χ3v) is 9.21. The van der Waals surface area contributed by atoms with Gasteiger partial charge in [0.25, 0.3) is 5.91 Å². The fourth-order valence-corrected chi connectivity index (χ4v) is 6.79. The van der Waals surface area contributed by atoms with E-state index in [9.17, 15) is 4.79 Å². The van der Waals surface area contributed by atoms with Crippen LogP contribution in [0.3, 0.4) is 0 Å². The number of nitrogens with zero attached hydrogens (tertiary/aromatic N) is 5. The van der Waals surface area contributed by atoms with Gasteiger partial charge >= 0.3 is 0 Å². The van der Waals surface area contributed by atoms with Crippen LogP contribution in [0.4, 0.5) is 17.1 Å². The first-order valence-electron chi connectivity index (χ1n) is 16.3. The number of fused-ring (bicyclic) bond motifs is 6. The number of anilines is 3. The van der Waals surface area contributed by atoms with Crippen LogP contribution in [0.5, 0.6) is 11.5 Å². The van der Waals surface area contributed by atoms with E-state index in [0.29, 0.717) is 5.56 Å². The molecule has 0 fully saturated rings. The maximum absolute atomic E-state index is 14.3. The predicted octanol–water partition coefficient (Wildman–Crippen LogP) is 8.00. The van der Waals surface area contributed by atoms with Crippen molar-refractivity contribution in [2.45, 2.75) is 33.2 Å². The van der Waals surface area contributed by atoms with Crippen molar-refractivity contribution in [3.63, 3.8) is 0 Å². The second-order valence-corrected chi connectivity index (χ2v) is 11.8. The maximum atomic E-state index is 14.3. The first-order valence-corrected chi connectivity index (χ1v) is 16.3. The number of amides is 1. The van der Waals surface area contributed by atoms with Crippen LogP contribution in [0, 0.1) is 0 Å². The molecule has 46 heavy (non-hydrogen) atoms. The van der Waals surface area contributed by atoms with E-state index in [0.717, 1.165) is 77.0 Å². The fourth-order valence-electron chi connectivity index (χ4n) is 6.79. The van der Waals surface area contributed by atoms with Gasteiger partial charge in [-0.25, -0.2) is 5.01 Å². The molecule has 0 saturated carbocycles. The number of ether oxygens (including phenoxy) is 1. The molecular formula is C39H43N5O2. The minimum absolute atomic E-state index is 0.143. The maximum Gasteiger partial charge on any atom is 0.275 e. The SMILES string of the molecule is CCN(CC)c1ccc2c(c1)Oc1cc(N(CC)CC)ccc1C21c2ccccc2C(=O)N1/N=C\C=C\c1ccc(N(C)C)cc1. The molecule has 1 spiro atoms. The van der Waals surface area contributed by atoms with Crippen molar-refractivity contribution in [3.8, 4) is 11.5 Å². The lowest BCUT2D eigenvalue weighted by atomic mass is 9.75. The topological polar surface area (TPSA) is 51.6 Å². The lowest BCUT2D eigenvalue weighted by Crippen LogP contribution is -2.44. The highest BCUT2D eigenvalue weighted by Crippen LogP contribution is 2.58. The lowest BCUT2D eigenvalue weighted by molar-refractivity contribution is 0.0675. The fraction of sp³-hybridized carbons (Fsp3) is 0.282. The van der Waals surface area contributed by atoms with Gasteiger partial charge < -0.3 is 19.4 Å². The van der Waals surface area contributed by atoms with Crippen molar-refractivity contribution in [2.75, 3.05) is 55.0 Å². The van der Waals surface area contributed by atoms with Gasteiger partial charge in [0.2, 0.25) is 0 Å². The highest BCUT2D eigenvalue weighted by Gasteiger charge is 2.57. The van der Waals surface area contributed by atoms with E-state index in [2.05, 4.69) is 109 Å². The number of rotatable bonds is 10. The standard InChI is InChI=1S/C39H43N5O2/c1-7-42(8-2)30-21-23-34-36(26-30)46-37-27-31(43(9-3)10-4)22-24-35(37)39(34)33-16-12-11-15-32(33)38(45)44(39)40-25-13-14-28-17-19-29(20-18-28)41(5)6/h11-27H,7-10H2,1-6H3/b14-13+,40-25-. The molecular weight excluding hydrogens is 570 g/mol. The second kappa shape index (κ2) is 12.8. The summed E-state index contributed by atoms with van der Waals surface area (Å²) in [7, 11) is 4.06. The van der Waals surface area contributed by atoms with Crippen molar-refractivity contribution in [1.29, 1.82) is 0 Å². The van der Waals surface area contributed by atoms with E-state index in [1.54, 1.807) is 11.2 Å². The summed E-state index contributed by atoms with van der Waals surface area (Å²) >= 11 is 0. The summed E-state index contributed by atoms with van der Waals surface area (Å²) in [5, 5.41) is 6.58.